The van der Waals surface area contributed by atoms with E-state index in [4.69, 9.17) is 0 Å². The van der Waals surface area contributed by atoms with E-state index in [0.29, 0.717) is 6.04 Å². The van der Waals surface area contributed by atoms with Crippen LogP contribution in [0, 0.1) is 5.92 Å². The number of H-pyrrole nitrogens is 1. The fourth-order valence-corrected chi connectivity index (χ4v) is 1.44. The van der Waals surface area contributed by atoms with E-state index in [1.54, 1.807) is 16.9 Å². The van der Waals surface area contributed by atoms with Gasteiger partial charge in [-0.3, -0.25) is 9.48 Å². The quantitative estimate of drug-likeness (QED) is 0.678. The lowest BCUT2D eigenvalue weighted by Crippen LogP contribution is -2.21. The van der Waals surface area contributed by atoms with Crippen molar-refractivity contribution in [2.75, 3.05) is 0 Å². The molecule has 1 atom stereocenters. The van der Waals surface area contributed by atoms with Crippen LogP contribution in [0.2, 0.25) is 0 Å². The van der Waals surface area contributed by atoms with Crippen molar-refractivity contribution < 1.29 is 0 Å². The van der Waals surface area contributed by atoms with Crippen LogP contribution in [0.25, 0.3) is 0 Å². The number of hydrogen-bond acceptors (Lipinski definition) is 1. The highest BCUT2D eigenvalue weighted by molar-refractivity contribution is 4.88. The molecule has 3 nitrogen and oxygen atoms in total. The predicted octanol–water partition coefficient (Wildman–Crippen LogP) is 1.15. The van der Waals surface area contributed by atoms with Gasteiger partial charge in [0.2, 0.25) is 0 Å². The molecule has 0 amide bonds. The maximum atomic E-state index is 11.1. The molecule has 0 spiro atoms. The maximum Gasteiger partial charge on any atom is 0.266 e. The van der Waals surface area contributed by atoms with Crippen molar-refractivity contribution in [3.8, 4) is 0 Å². The van der Waals surface area contributed by atoms with Crippen molar-refractivity contribution in [3.63, 3.8) is 0 Å². The van der Waals surface area contributed by atoms with E-state index in [9.17, 15) is 4.79 Å². The van der Waals surface area contributed by atoms with Gasteiger partial charge in [-0.2, -0.15) is 0 Å². The minimum absolute atomic E-state index is 0.0874. The molecule has 60 valence electrons. The zero-order valence-corrected chi connectivity index (χ0v) is 6.58. The third-order valence-corrected chi connectivity index (χ3v) is 2.39. The highest BCUT2D eigenvalue weighted by Gasteiger charge is 2.29. The smallest absolute Gasteiger partial charge is 0.266 e. The minimum atomic E-state index is 0.0874. The van der Waals surface area contributed by atoms with Gasteiger partial charge in [0.25, 0.3) is 5.56 Å². The van der Waals surface area contributed by atoms with Gasteiger partial charge in [-0.15, -0.1) is 0 Å². The van der Waals surface area contributed by atoms with E-state index in [1.807, 2.05) is 0 Å². The van der Waals surface area contributed by atoms with E-state index in [1.165, 1.54) is 12.8 Å². The molecule has 1 aliphatic rings. The first-order chi connectivity index (χ1) is 5.29. The van der Waals surface area contributed by atoms with Gasteiger partial charge in [-0.25, -0.2) is 0 Å². The molecule has 1 aromatic rings. The fourth-order valence-electron chi connectivity index (χ4n) is 1.44. The Labute approximate surface area is 65.0 Å². The highest BCUT2D eigenvalue weighted by atomic mass is 16.1. The van der Waals surface area contributed by atoms with Crippen molar-refractivity contribution in [2.45, 2.75) is 25.8 Å². The summed E-state index contributed by atoms with van der Waals surface area (Å²) in [5.41, 5.74) is 0.0874. The summed E-state index contributed by atoms with van der Waals surface area (Å²) < 4.78 is 1.71. The Morgan fingerprint density at radius 2 is 2.45 bits per heavy atom. The number of nitrogens with zero attached hydrogens (tertiary/aromatic N) is 1. The van der Waals surface area contributed by atoms with Crippen molar-refractivity contribution in [1.82, 2.24) is 9.78 Å². The monoisotopic (exact) mass is 152 g/mol. The highest BCUT2D eigenvalue weighted by Crippen LogP contribution is 2.38. The largest absolute Gasteiger partial charge is 0.303 e. The van der Waals surface area contributed by atoms with Gasteiger partial charge in [-0.05, 0) is 25.7 Å². The lowest BCUT2D eigenvalue weighted by atomic mass is 10.2. The van der Waals surface area contributed by atoms with Crippen LogP contribution in [0.1, 0.15) is 25.8 Å². The van der Waals surface area contributed by atoms with Crippen molar-refractivity contribution >= 4 is 0 Å². The fraction of sp³-hybridized carbons (Fsp3) is 0.625. The van der Waals surface area contributed by atoms with E-state index >= 15 is 0 Å². The van der Waals surface area contributed by atoms with E-state index in [0.717, 1.165) is 5.92 Å². The molecular formula is C8H12N2O. The molecule has 0 bridgehead atoms. The van der Waals surface area contributed by atoms with Gasteiger partial charge in [0.15, 0.2) is 0 Å². The molecule has 1 saturated carbocycles. The van der Waals surface area contributed by atoms with E-state index in [-0.39, 0.29) is 5.56 Å². The third-order valence-electron chi connectivity index (χ3n) is 2.39. The van der Waals surface area contributed by atoms with E-state index < -0.39 is 0 Å². The third kappa shape index (κ3) is 1.11. The van der Waals surface area contributed by atoms with Crippen LogP contribution in [-0.4, -0.2) is 9.78 Å². The Bertz CT molecular complexity index is 295. The van der Waals surface area contributed by atoms with E-state index in [2.05, 4.69) is 12.0 Å². The zero-order chi connectivity index (χ0) is 7.84. The zero-order valence-electron chi connectivity index (χ0n) is 6.58. The molecule has 1 fully saturated rings. The van der Waals surface area contributed by atoms with Gasteiger partial charge in [0.1, 0.15) is 0 Å². The van der Waals surface area contributed by atoms with Gasteiger partial charge in [0.05, 0.1) is 6.04 Å². The molecule has 0 saturated heterocycles. The van der Waals surface area contributed by atoms with Gasteiger partial charge >= 0.3 is 0 Å². The molecule has 3 heteroatoms. The standard InChI is InChI=1S/C8H12N2O/c1-6(7-2-3-7)10-8(11)4-5-9-10/h4-7,9H,2-3H2,1H3. The molecule has 2 rings (SSSR count). The summed E-state index contributed by atoms with van der Waals surface area (Å²) in [6, 6.07) is 1.93. The van der Waals surface area contributed by atoms with Gasteiger partial charge < -0.3 is 5.10 Å². The minimum Gasteiger partial charge on any atom is -0.303 e. The summed E-state index contributed by atoms with van der Waals surface area (Å²) in [5.74, 6) is 0.728. The lowest BCUT2D eigenvalue weighted by molar-refractivity contribution is 0.429. The number of aromatic amines is 1. The second-order valence-corrected chi connectivity index (χ2v) is 3.25. The first kappa shape index (κ1) is 6.70. The average molecular weight is 152 g/mol. The SMILES string of the molecule is CC(C1CC1)n1[nH]ccc1=O. The van der Waals surface area contributed by atoms with Crippen LogP contribution in [-0.2, 0) is 0 Å². The van der Waals surface area contributed by atoms with Crippen LogP contribution in [0.15, 0.2) is 17.1 Å². The number of hydrogen-bond donors (Lipinski definition) is 1. The first-order valence-corrected chi connectivity index (χ1v) is 4.05. The van der Waals surface area contributed by atoms with Crippen LogP contribution in [0.3, 0.4) is 0 Å². The van der Waals surface area contributed by atoms with Crippen LogP contribution >= 0.6 is 0 Å². The number of nitrogens with one attached hydrogen (secondary N) is 1. The second-order valence-electron chi connectivity index (χ2n) is 3.25. The molecule has 0 aliphatic heterocycles. The normalized spacial score (nSPS) is 20.1. The molecule has 0 radical (unpaired) electrons. The van der Waals surface area contributed by atoms with Crippen LogP contribution in [0.4, 0.5) is 0 Å². The maximum absolute atomic E-state index is 11.1. The Morgan fingerprint density at radius 1 is 1.73 bits per heavy atom. The number of aromatic nitrogens is 2. The molecule has 1 N–H and O–H groups in total. The summed E-state index contributed by atoms with van der Waals surface area (Å²) in [6.07, 6.45) is 4.24. The van der Waals surface area contributed by atoms with Crippen molar-refractivity contribution in [3.05, 3.63) is 22.6 Å². The van der Waals surface area contributed by atoms with Crippen molar-refractivity contribution in [1.29, 1.82) is 0 Å². The summed E-state index contributed by atoms with van der Waals surface area (Å²) in [5, 5.41) is 2.93. The van der Waals surface area contributed by atoms with Crippen molar-refractivity contribution in [2.24, 2.45) is 5.92 Å². The lowest BCUT2D eigenvalue weighted by Gasteiger charge is -2.09. The summed E-state index contributed by atoms with van der Waals surface area (Å²) in [4.78, 5) is 11.1. The topological polar surface area (TPSA) is 37.8 Å². The van der Waals surface area contributed by atoms with Crippen LogP contribution < -0.4 is 5.56 Å². The predicted molar refractivity (Wildman–Crippen MR) is 42.5 cm³/mol. The Kier molecular flexibility index (Phi) is 1.37. The molecule has 11 heavy (non-hydrogen) atoms. The first-order valence-electron chi connectivity index (χ1n) is 4.05. The molecule has 1 aliphatic carbocycles. The Hall–Kier alpha value is -0.990. The molecule has 0 aromatic carbocycles. The molecule has 1 aromatic heterocycles. The Morgan fingerprint density at radius 3 is 2.91 bits per heavy atom. The second kappa shape index (κ2) is 2.26. The number of rotatable bonds is 2. The van der Waals surface area contributed by atoms with Crippen LogP contribution in [0.5, 0.6) is 0 Å². The molecular weight excluding hydrogens is 140 g/mol. The molecule has 1 heterocycles. The molecule has 1 unspecified atom stereocenters. The van der Waals surface area contributed by atoms with Gasteiger partial charge in [-0.1, -0.05) is 0 Å². The summed E-state index contributed by atoms with van der Waals surface area (Å²) in [6.45, 7) is 2.09. The average Bonchev–Trinajstić information content (AvgIpc) is 2.74. The van der Waals surface area contributed by atoms with Gasteiger partial charge in [0, 0.05) is 12.3 Å². The summed E-state index contributed by atoms with van der Waals surface area (Å²) in [7, 11) is 0. The summed E-state index contributed by atoms with van der Waals surface area (Å²) >= 11 is 0. The Balaban J connectivity index is 2.27.